The molecule has 2 atom stereocenters. The van der Waals surface area contributed by atoms with Gasteiger partial charge in [-0.2, -0.15) is 0 Å². The largest absolute Gasteiger partial charge is 0.368 e. The highest BCUT2D eigenvalue weighted by molar-refractivity contribution is 5.85. The zero-order valence-corrected chi connectivity index (χ0v) is 12.9. The van der Waals surface area contributed by atoms with Gasteiger partial charge in [-0.3, -0.25) is 9.59 Å². The topological polar surface area (TPSA) is 75.4 Å². The van der Waals surface area contributed by atoms with E-state index in [1.807, 2.05) is 6.92 Å². The van der Waals surface area contributed by atoms with Gasteiger partial charge in [-0.15, -0.1) is 0 Å². The first-order chi connectivity index (χ1) is 9.60. The number of nitrogens with two attached hydrogens (primary N) is 1. The van der Waals surface area contributed by atoms with E-state index in [9.17, 15) is 9.59 Å². The Labute approximate surface area is 122 Å². The molecule has 1 fully saturated rings. The van der Waals surface area contributed by atoms with Gasteiger partial charge in [0.15, 0.2) is 0 Å². The summed E-state index contributed by atoms with van der Waals surface area (Å²) in [5.41, 5.74) is 5.33. The van der Waals surface area contributed by atoms with Crippen LogP contribution >= 0.6 is 0 Å². The third-order valence-corrected chi connectivity index (χ3v) is 4.07. The van der Waals surface area contributed by atoms with Crippen LogP contribution in [0.5, 0.6) is 0 Å². The Kier molecular flexibility index (Phi) is 7.59. The Balaban J connectivity index is 2.73. The number of rotatable bonds is 8. The van der Waals surface area contributed by atoms with Crippen molar-refractivity contribution >= 4 is 11.8 Å². The summed E-state index contributed by atoms with van der Waals surface area (Å²) in [6.07, 6.45) is 5.87. The van der Waals surface area contributed by atoms with E-state index in [1.54, 1.807) is 4.90 Å². The maximum Gasteiger partial charge on any atom is 0.237 e. The van der Waals surface area contributed by atoms with E-state index in [2.05, 4.69) is 12.2 Å². The first-order valence-corrected chi connectivity index (χ1v) is 7.89. The lowest BCUT2D eigenvalue weighted by Gasteiger charge is -2.36. The molecular formula is C15H29N3O2. The quantitative estimate of drug-likeness (QED) is 0.704. The molecule has 1 aliphatic rings. The van der Waals surface area contributed by atoms with Crippen molar-refractivity contribution < 1.29 is 9.59 Å². The Morgan fingerprint density at radius 2 is 2.15 bits per heavy atom. The third-order valence-electron chi connectivity index (χ3n) is 4.07. The molecule has 3 N–H and O–H groups in total. The number of amides is 2. The van der Waals surface area contributed by atoms with Crippen molar-refractivity contribution in [2.24, 2.45) is 11.7 Å². The number of carbonyl (C=O) groups excluding carboxylic acids is 2. The Bertz CT molecular complexity index is 314. The van der Waals surface area contributed by atoms with Gasteiger partial charge in [0, 0.05) is 18.5 Å². The summed E-state index contributed by atoms with van der Waals surface area (Å²) in [6, 6.07) is 0.111. The maximum absolute atomic E-state index is 12.7. The number of nitrogens with one attached hydrogen (secondary N) is 1. The van der Waals surface area contributed by atoms with Crippen LogP contribution in [0.4, 0.5) is 0 Å². The van der Waals surface area contributed by atoms with Gasteiger partial charge in [-0.1, -0.05) is 26.7 Å². The molecule has 0 radical (unpaired) electrons. The molecule has 1 rings (SSSR count). The van der Waals surface area contributed by atoms with E-state index in [4.69, 9.17) is 5.73 Å². The van der Waals surface area contributed by atoms with Crippen LogP contribution in [0, 0.1) is 5.92 Å². The Hall–Kier alpha value is -1.10. The number of primary amides is 1. The lowest BCUT2D eigenvalue weighted by Crippen LogP contribution is -2.53. The Morgan fingerprint density at radius 3 is 2.65 bits per heavy atom. The second-order valence-corrected chi connectivity index (χ2v) is 5.68. The molecule has 1 saturated heterocycles. The molecule has 20 heavy (non-hydrogen) atoms. The van der Waals surface area contributed by atoms with Gasteiger partial charge in [-0.05, 0) is 32.2 Å². The maximum atomic E-state index is 12.7. The SMILES string of the molecule is CCCCC(CC)C(=O)N(CC(N)=O)C1CCCNC1. The molecule has 5 heteroatoms. The second kappa shape index (κ2) is 8.95. The molecule has 0 aliphatic carbocycles. The summed E-state index contributed by atoms with van der Waals surface area (Å²) < 4.78 is 0. The summed E-state index contributed by atoms with van der Waals surface area (Å²) in [4.78, 5) is 25.7. The monoisotopic (exact) mass is 283 g/mol. The van der Waals surface area contributed by atoms with Crippen LogP contribution in [0.2, 0.25) is 0 Å². The number of nitrogens with zero attached hydrogens (tertiary/aromatic N) is 1. The minimum atomic E-state index is -0.422. The van der Waals surface area contributed by atoms with Crippen molar-refractivity contribution in [2.45, 2.75) is 58.4 Å². The number of unbranched alkanes of at least 4 members (excludes halogenated alkanes) is 1. The molecular weight excluding hydrogens is 254 g/mol. The van der Waals surface area contributed by atoms with Crippen molar-refractivity contribution in [3.05, 3.63) is 0 Å². The van der Waals surface area contributed by atoms with Crippen LogP contribution in [-0.2, 0) is 9.59 Å². The van der Waals surface area contributed by atoms with Crippen LogP contribution in [0.15, 0.2) is 0 Å². The third kappa shape index (κ3) is 5.12. The lowest BCUT2D eigenvalue weighted by molar-refractivity contribution is -0.142. The van der Waals surface area contributed by atoms with Gasteiger partial charge < -0.3 is 16.0 Å². The van der Waals surface area contributed by atoms with E-state index >= 15 is 0 Å². The molecule has 0 aromatic heterocycles. The van der Waals surface area contributed by atoms with E-state index < -0.39 is 5.91 Å². The molecule has 2 amide bonds. The van der Waals surface area contributed by atoms with E-state index in [-0.39, 0.29) is 24.4 Å². The minimum absolute atomic E-state index is 0.0243. The number of piperidine rings is 1. The predicted octanol–water partition coefficient (Wildman–Crippen LogP) is 1.27. The van der Waals surface area contributed by atoms with Crippen molar-refractivity contribution in [3.63, 3.8) is 0 Å². The number of hydrogen-bond acceptors (Lipinski definition) is 3. The fourth-order valence-electron chi connectivity index (χ4n) is 2.84. The smallest absolute Gasteiger partial charge is 0.237 e. The molecule has 0 bridgehead atoms. The number of hydrogen-bond donors (Lipinski definition) is 2. The fraction of sp³-hybridized carbons (Fsp3) is 0.867. The standard InChI is InChI=1S/C15H29N3O2/c1-3-5-7-12(4-2)15(20)18(11-14(16)19)13-8-6-9-17-10-13/h12-13,17H,3-11H2,1-2H3,(H2,16,19). The first-order valence-electron chi connectivity index (χ1n) is 7.89. The highest BCUT2D eigenvalue weighted by Gasteiger charge is 2.30. The molecule has 1 heterocycles. The van der Waals surface area contributed by atoms with Crippen LogP contribution in [0.3, 0.4) is 0 Å². The number of carbonyl (C=O) groups is 2. The molecule has 2 unspecified atom stereocenters. The van der Waals surface area contributed by atoms with Crippen LogP contribution in [0.1, 0.15) is 52.4 Å². The predicted molar refractivity (Wildman–Crippen MR) is 80.1 cm³/mol. The summed E-state index contributed by atoms with van der Waals surface area (Å²) >= 11 is 0. The van der Waals surface area contributed by atoms with Gasteiger partial charge in [0.25, 0.3) is 0 Å². The molecule has 0 aromatic carbocycles. The zero-order valence-electron chi connectivity index (χ0n) is 12.9. The molecule has 0 spiro atoms. The molecule has 5 nitrogen and oxygen atoms in total. The highest BCUT2D eigenvalue weighted by Crippen LogP contribution is 2.19. The lowest BCUT2D eigenvalue weighted by atomic mass is 9.95. The normalized spacial score (nSPS) is 20.4. The molecule has 1 aliphatic heterocycles. The van der Waals surface area contributed by atoms with E-state index in [1.165, 1.54) is 0 Å². The van der Waals surface area contributed by atoms with Gasteiger partial charge in [0.05, 0.1) is 6.54 Å². The summed E-state index contributed by atoms with van der Waals surface area (Å²) in [5.74, 6) is -0.293. The van der Waals surface area contributed by atoms with E-state index in [0.717, 1.165) is 51.6 Å². The summed E-state index contributed by atoms with van der Waals surface area (Å²) in [5, 5.41) is 3.30. The average Bonchev–Trinajstić information content (AvgIpc) is 2.46. The fourth-order valence-corrected chi connectivity index (χ4v) is 2.84. The molecule has 0 saturated carbocycles. The highest BCUT2D eigenvalue weighted by atomic mass is 16.2. The summed E-state index contributed by atoms with van der Waals surface area (Å²) in [7, 11) is 0. The molecule has 116 valence electrons. The van der Waals surface area contributed by atoms with Gasteiger partial charge in [0.1, 0.15) is 0 Å². The van der Waals surface area contributed by atoms with Crippen LogP contribution in [0.25, 0.3) is 0 Å². The summed E-state index contributed by atoms with van der Waals surface area (Å²) in [6.45, 7) is 5.97. The van der Waals surface area contributed by atoms with Crippen LogP contribution in [-0.4, -0.2) is 42.4 Å². The minimum Gasteiger partial charge on any atom is -0.368 e. The van der Waals surface area contributed by atoms with Crippen molar-refractivity contribution in [3.8, 4) is 0 Å². The van der Waals surface area contributed by atoms with Crippen molar-refractivity contribution in [1.29, 1.82) is 0 Å². The van der Waals surface area contributed by atoms with Gasteiger partial charge in [-0.25, -0.2) is 0 Å². The van der Waals surface area contributed by atoms with E-state index in [0.29, 0.717) is 0 Å². The van der Waals surface area contributed by atoms with Crippen LogP contribution < -0.4 is 11.1 Å². The van der Waals surface area contributed by atoms with Gasteiger partial charge in [0.2, 0.25) is 11.8 Å². The van der Waals surface area contributed by atoms with Crippen molar-refractivity contribution in [1.82, 2.24) is 10.2 Å². The Morgan fingerprint density at radius 1 is 1.40 bits per heavy atom. The zero-order chi connectivity index (χ0) is 15.0. The van der Waals surface area contributed by atoms with Gasteiger partial charge >= 0.3 is 0 Å². The molecule has 0 aromatic rings. The van der Waals surface area contributed by atoms with Crippen molar-refractivity contribution in [2.75, 3.05) is 19.6 Å². The average molecular weight is 283 g/mol. The second-order valence-electron chi connectivity index (χ2n) is 5.68. The first kappa shape index (κ1) is 17.0.